The lowest BCUT2D eigenvalue weighted by atomic mass is 9.88. The molecule has 4 N–H and O–H groups in total. The van der Waals surface area contributed by atoms with Crippen molar-refractivity contribution < 1.29 is 14.9 Å². The first-order valence-electron chi connectivity index (χ1n) is 7.60. The molecule has 0 aromatic heterocycles. The second kappa shape index (κ2) is 8.62. The van der Waals surface area contributed by atoms with Gasteiger partial charge in [-0.3, -0.25) is 5.01 Å². The fourth-order valence-electron chi connectivity index (χ4n) is 2.22. The summed E-state index contributed by atoms with van der Waals surface area (Å²) in [5, 5.41) is 25.3. The Balaban J connectivity index is 5.19. The molecule has 0 radical (unpaired) electrons. The van der Waals surface area contributed by atoms with E-state index in [1.165, 1.54) is 5.01 Å². The lowest BCUT2D eigenvalue weighted by Gasteiger charge is -2.36. The lowest BCUT2D eigenvalue weighted by Crippen LogP contribution is -2.47. The zero-order valence-electron chi connectivity index (χ0n) is 14.9. The Morgan fingerprint density at radius 3 is 2.14 bits per heavy atom. The predicted molar refractivity (Wildman–Crippen MR) is 90.2 cm³/mol. The van der Waals surface area contributed by atoms with E-state index in [2.05, 4.69) is 11.8 Å². The van der Waals surface area contributed by atoms with Gasteiger partial charge in [0.2, 0.25) is 0 Å². The van der Waals surface area contributed by atoms with Crippen LogP contribution in [0.1, 0.15) is 41.5 Å². The van der Waals surface area contributed by atoms with Gasteiger partial charge < -0.3 is 20.7 Å². The first kappa shape index (κ1) is 21.0. The van der Waals surface area contributed by atoms with Gasteiger partial charge in [-0.15, -0.1) is 0 Å². The van der Waals surface area contributed by atoms with Gasteiger partial charge in [0.05, 0.1) is 6.10 Å². The fourth-order valence-corrected chi connectivity index (χ4v) is 2.22. The largest absolute Gasteiger partial charge is 0.376 e. The number of hydrogen-bond acceptors (Lipinski definition) is 6. The maximum Gasteiger partial charge on any atom is 0.159 e. The van der Waals surface area contributed by atoms with Gasteiger partial charge in [0.15, 0.2) is 6.29 Å². The normalized spacial score (nSPS) is 20.0. The van der Waals surface area contributed by atoms with Crippen molar-refractivity contribution in [2.45, 2.75) is 66.2 Å². The second-order valence-electron chi connectivity index (χ2n) is 6.79. The molecule has 0 aromatic rings. The molecule has 0 aliphatic carbocycles. The van der Waals surface area contributed by atoms with Gasteiger partial charge in [0.1, 0.15) is 12.3 Å². The summed E-state index contributed by atoms with van der Waals surface area (Å²) >= 11 is 0. The van der Waals surface area contributed by atoms with Crippen molar-refractivity contribution in [1.29, 1.82) is 0 Å². The van der Waals surface area contributed by atoms with Crippen LogP contribution >= 0.6 is 0 Å². The van der Waals surface area contributed by atoms with Crippen LogP contribution in [0, 0.1) is 11.3 Å². The fraction of sp³-hybridized carbons (Fsp3) is 0.812. The number of allylic oxidation sites excluding steroid dienone is 1. The number of rotatable bonds is 8. The summed E-state index contributed by atoms with van der Waals surface area (Å²) < 4.78 is 5.73. The molecule has 5 atom stereocenters. The van der Waals surface area contributed by atoms with E-state index < -0.39 is 18.6 Å². The molecule has 6 heteroatoms. The van der Waals surface area contributed by atoms with Crippen molar-refractivity contribution in [1.82, 2.24) is 5.01 Å². The molecule has 0 aromatic carbocycles. The van der Waals surface area contributed by atoms with E-state index in [1.54, 1.807) is 7.05 Å². The van der Waals surface area contributed by atoms with Crippen LogP contribution in [0.3, 0.4) is 0 Å². The highest BCUT2D eigenvalue weighted by Gasteiger charge is 2.32. The van der Waals surface area contributed by atoms with Crippen LogP contribution in [0.15, 0.2) is 16.8 Å². The highest BCUT2D eigenvalue weighted by Crippen LogP contribution is 2.28. The summed E-state index contributed by atoms with van der Waals surface area (Å²) in [6.07, 6.45) is -0.320. The van der Waals surface area contributed by atoms with Gasteiger partial charge in [0, 0.05) is 25.1 Å². The molecule has 0 aliphatic rings. The van der Waals surface area contributed by atoms with E-state index in [-0.39, 0.29) is 17.4 Å². The van der Waals surface area contributed by atoms with Gasteiger partial charge in [-0.2, -0.15) is 5.10 Å². The molecule has 22 heavy (non-hydrogen) atoms. The quantitative estimate of drug-likeness (QED) is 0.273. The Hall–Kier alpha value is -0.950. The van der Waals surface area contributed by atoms with Crippen molar-refractivity contribution in [3.63, 3.8) is 0 Å². The van der Waals surface area contributed by atoms with Gasteiger partial charge in [0.25, 0.3) is 0 Å². The molecule has 0 spiro atoms. The maximum atomic E-state index is 10.1. The van der Waals surface area contributed by atoms with Crippen molar-refractivity contribution >= 4 is 6.72 Å². The standard InChI is InChI=1S/C16H33N3O3/c1-9-12(13(14(17)20)19(8)18-7)10(2)11(3)22-15(21)16(4,5)6/h9-11,13-15,20-21H,7,17H2,1-6,8H3/b12-9-/t10-,11-,13?,14?,15?/m0/s1. The number of hydrogen-bond donors (Lipinski definition) is 3. The van der Waals surface area contributed by atoms with E-state index in [1.807, 2.05) is 47.6 Å². The molecule has 6 nitrogen and oxygen atoms in total. The minimum atomic E-state index is -1.09. The van der Waals surface area contributed by atoms with E-state index >= 15 is 0 Å². The van der Waals surface area contributed by atoms with E-state index in [4.69, 9.17) is 10.5 Å². The third-order valence-electron chi connectivity index (χ3n) is 3.94. The van der Waals surface area contributed by atoms with Crippen molar-refractivity contribution in [2.75, 3.05) is 7.05 Å². The van der Waals surface area contributed by atoms with Crippen LogP contribution in [0.5, 0.6) is 0 Å². The number of aliphatic hydroxyl groups is 2. The highest BCUT2D eigenvalue weighted by atomic mass is 16.6. The minimum Gasteiger partial charge on any atom is -0.376 e. The Labute approximate surface area is 134 Å². The molecule has 0 bridgehead atoms. The molecule has 0 rings (SSSR count). The Morgan fingerprint density at radius 2 is 1.82 bits per heavy atom. The van der Waals surface area contributed by atoms with Crippen molar-refractivity contribution in [3.05, 3.63) is 11.6 Å². The number of aliphatic hydroxyl groups excluding tert-OH is 2. The number of nitrogens with two attached hydrogens (primary N) is 1. The zero-order valence-corrected chi connectivity index (χ0v) is 14.9. The maximum absolute atomic E-state index is 10.1. The number of ether oxygens (including phenoxy) is 1. The molecule has 0 heterocycles. The molecule has 0 saturated heterocycles. The van der Waals surface area contributed by atoms with Crippen LogP contribution in [0.25, 0.3) is 0 Å². The third-order valence-corrected chi connectivity index (χ3v) is 3.94. The molecule has 0 fully saturated rings. The average molecular weight is 315 g/mol. The van der Waals surface area contributed by atoms with E-state index in [0.717, 1.165) is 5.57 Å². The van der Waals surface area contributed by atoms with Gasteiger partial charge in [-0.1, -0.05) is 33.8 Å². The Bertz CT molecular complexity index is 377. The average Bonchev–Trinajstić information content (AvgIpc) is 2.41. The molecule has 0 saturated carbocycles. The summed E-state index contributed by atoms with van der Waals surface area (Å²) in [6.45, 7) is 15.0. The Kier molecular flexibility index (Phi) is 8.25. The van der Waals surface area contributed by atoms with Gasteiger partial charge >= 0.3 is 0 Å². The van der Waals surface area contributed by atoms with E-state index in [0.29, 0.717) is 0 Å². The zero-order chi connectivity index (χ0) is 17.7. The number of hydrazone groups is 1. The molecule has 130 valence electrons. The van der Waals surface area contributed by atoms with Crippen LogP contribution < -0.4 is 5.73 Å². The van der Waals surface area contributed by atoms with E-state index in [9.17, 15) is 10.2 Å². The summed E-state index contributed by atoms with van der Waals surface area (Å²) in [5.41, 5.74) is 6.22. The first-order chi connectivity index (χ1) is 9.97. The van der Waals surface area contributed by atoms with Crippen LogP contribution in [-0.2, 0) is 4.74 Å². The van der Waals surface area contributed by atoms with Crippen LogP contribution in [0.4, 0.5) is 0 Å². The molecular formula is C16H33N3O3. The van der Waals surface area contributed by atoms with Crippen LogP contribution in [0.2, 0.25) is 0 Å². The third kappa shape index (κ3) is 5.68. The summed E-state index contributed by atoms with van der Waals surface area (Å²) in [4.78, 5) is 0. The first-order valence-corrected chi connectivity index (χ1v) is 7.60. The molecule has 0 amide bonds. The number of likely N-dealkylation sites (N-methyl/N-ethyl adjacent to an activating group) is 1. The molecular weight excluding hydrogens is 282 g/mol. The molecule has 3 unspecified atom stereocenters. The number of nitrogens with zero attached hydrogens (tertiary/aromatic N) is 2. The smallest absolute Gasteiger partial charge is 0.159 e. The minimum absolute atomic E-state index is 0.0607. The monoisotopic (exact) mass is 315 g/mol. The Morgan fingerprint density at radius 1 is 1.32 bits per heavy atom. The SMILES string of the molecule is C=NN(C)C(/C(=C\C)[C@@H](C)[C@H](C)OC(O)C(C)(C)C)C(N)O. The van der Waals surface area contributed by atoms with Crippen LogP contribution in [-0.4, -0.2) is 53.7 Å². The van der Waals surface area contributed by atoms with Gasteiger partial charge in [-0.05, 0) is 19.4 Å². The lowest BCUT2D eigenvalue weighted by molar-refractivity contribution is -0.191. The topological polar surface area (TPSA) is 91.3 Å². The summed E-state index contributed by atoms with van der Waals surface area (Å²) in [7, 11) is 1.71. The highest BCUT2D eigenvalue weighted by molar-refractivity contribution is 5.24. The van der Waals surface area contributed by atoms with Gasteiger partial charge in [-0.25, -0.2) is 0 Å². The predicted octanol–water partition coefficient (Wildman–Crippen LogP) is 1.53. The second-order valence-corrected chi connectivity index (χ2v) is 6.79. The summed E-state index contributed by atoms with van der Waals surface area (Å²) in [5.74, 6) is -0.0607. The molecule has 0 aliphatic heterocycles. The summed E-state index contributed by atoms with van der Waals surface area (Å²) in [6, 6.07) is -0.490. The van der Waals surface area contributed by atoms with Crippen molar-refractivity contribution in [3.8, 4) is 0 Å². The van der Waals surface area contributed by atoms with Crippen molar-refractivity contribution in [2.24, 2.45) is 22.2 Å².